The number of carbonyl (C=O) groups excluding carboxylic acids is 1. The number of H-pyrrole nitrogens is 1. The van der Waals surface area contributed by atoms with Crippen LogP contribution in [0.1, 0.15) is 52.8 Å². The molecular formula is C19H24N8O. The molecule has 3 aromatic rings. The summed E-state index contributed by atoms with van der Waals surface area (Å²) >= 11 is 0. The number of hydrogen-bond donors (Lipinski definition) is 2. The van der Waals surface area contributed by atoms with E-state index in [2.05, 4.69) is 30.6 Å². The first kappa shape index (κ1) is 17.2. The Morgan fingerprint density at radius 2 is 2.07 bits per heavy atom. The SMILES string of the molecule is Cc1n[nH]c(C)c1C(=O)NCC1CN(c2ccc3nnc(C4CCC4)n3n2)C1. The van der Waals surface area contributed by atoms with Gasteiger partial charge in [-0.15, -0.1) is 15.3 Å². The second-order valence-corrected chi connectivity index (χ2v) is 7.94. The molecule has 0 aromatic carbocycles. The highest BCUT2D eigenvalue weighted by Crippen LogP contribution is 2.35. The summed E-state index contributed by atoms with van der Waals surface area (Å²) in [6.07, 6.45) is 3.61. The molecule has 2 N–H and O–H groups in total. The lowest BCUT2D eigenvalue weighted by Crippen LogP contribution is -2.52. The highest BCUT2D eigenvalue weighted by Gasteiger charge is 2.30. The summed E-state index contributed by atoms with van der Waals surface area (Å²) in [4.78, 5) is 14.6. The Hall–Kier alpha value is -2.97. The van der Waals surface area contributed by atoms with Gasteiger partial charge in [0.05, 0.1) is 11.3 Å². The monoisotopic (exact) mass is 380 g/mol. The Morgan fingerprint density at radius 1 is 1.25 bits per heavy atom. The van der Waals surface area contributed by atoms with Crippen LogP contribution < -0.4 is 10.2 Å². The van der Waals surface area contributed by atoms with E-state index in [0.717, 1.165) is 41.8 Å². The molecular weight excluding hydrogens is 356 g/mol. The number of carbonyl (C=O) groups is 1. The van der Waals surface area contributed by atoms with E-state index in [9.17, 15) is 4.79 Å². The highest BCUT2D eigenvalue weighted by molar-refractivity contribution is 5.96. The Balaban J connectivity index is 1.20. The summed E-state index contributed by atoms with van der Waals surface area (Å²) in [5.74, 6) is 2.78. The third-order valence-electron chi connectivity index (χ3n) is 5.93. The lowest BCUT2D eigenvalue weighted by molar-refractivity contribution is 0.0943. The maximum absolute atomic E-state index is 12.4. The van der Waals surface area contributed by atoms with E-state index in [0.29, 0.717) is 23.9 Å². The minimum atomic E-state index is -0.0589. The fraction of sp³-hybridized carbons (Fsp3) is 0.526. The van der Waals surface area contributed by atoms with Gasteiger partial charge in [-0.25, -0.2) is 0 Å². The van der Waals surface area contributed by atoms with Gasteiger partial charge in [-0.1, -0.05) is 6.42 Å². The quantitative estimate of drug-likeness (QED) is 0.697. The van der Waals surface area contributed by atoms with Crippen LogP contribution in [0.15, 0.2) is 12.1 Å². The third-order valence-corrected chi connectivity index (χ3v) is 5.93. The van der Waals surface area contributed by atoms with Crippen molar-refractivity contribution in [3.05, 3.63) is 34.9 Å². The van der Waals surface area contributed by atoms with Gasteiger partial charge in [-0.05, 0) is 38.8 Å². The zero-order chi connectivity index (χ0) is 19.3. The first-order valence-electron chi connectivity index (χ1n) is 9.87. The van der Waals surface area contributed by atoms with Gasteiger partial charge in [0.1, 0.15) is 5.82 Å². The second-order valence-electron chi connectivity index (χ2n) is 7.94. The summed E-state index contributed by atoms with van der Waals surface area (Å²) in [6.45, 7) is 6.12. The Morgan fingerprint density at radius 3 is 2.75 bits per heavy atom. The number of anilines is 1. The summed E-state index contributed by atoms with van der Waals surface area (Å²) in [7, 11) is 0. The molecule has 0 radical (unpaired) electrons. The number of rotatable bonds is 5. The minimum Gasteiger partial charge on any atom is -0.354 e. The lowest BCUT2D eigenvalue weighted by atomic mass is 9.85. The average molecular weight is 380 g/mol. The molecule has 1 saturated carbocycles. The number of hydrogen-bond acceptors (Lipinski definition) is 6. The van der Waals surface area contributed by atoms with E-state index in [1.54, 1.807) is 0 Å². The number of nitrogens with zero attached hydrogens (tertiary/aromatic N) is 6. The Labute approximate surface area is 162 Å². The summed E-state index contributed by atoms with van der Waals surface area (Å²) in [6, 6.07) is 3.98. The average Bonchev–Trinajstić information content (AvgIpc) is 3.15. The number of nitrogens with one attached hydrogen (secondary N) is 2. The molecule has 3 aromatic heterocycles. The predicted molar refractivity (Wildman–Crippen MR) is 103 cm³/mol. The first-order chi connectivity index (χ1) is 13.6. The van der Waals surface area contributed by atoms with Crippen molar-refractivity contribution in [1.29, 1.82) is 0 Å². The molecule has 146 valence electrons. The van der Waals surface area contributed by atoms with Gasteiger partial charge in [0, 0.05) is 37.2 Å². The molecule has 1 amide bonds. The largest absolute Gasteiger partial charge is 0.354 e. The third kappa shape index (κ3) is 2.81. The fourth-order valence-corrected chi connectivity index (χ4v) is 3.98. The Bertz CT molecular complexity index is 1010. The van der Waals surface area contributed by atoms with Gasteiger partial charge in [0.15, 0.2) is 11.5 Å². The zero-order valence-corrected chi connectivity index (χ0v) is 16.1. The number of aryl methyl sites for hydroxylation is 2. The van der Waals surface area contributed by atoms with Gasteiger partial charge in [-0.2, -0.15) is 9.61 Å². The van der Waals surface area contributed by atoms with Crippen molar-refractivity contribution in [2.75, 3.05) is 24.5 Å². The van der Waals surface area contributed by atoms with E-state index < -0.39 is 0 Å². The molecule has 0 bridgehead atoms. The molecule has 28 heavy (non-hydrogen) atoms. The van der Waals surface area contributed by atoms with Gasteiger partial charge in [0.25, 0.3) is 5.91 Å². The van der Waals surface area contributed by atoms with E-state index >= 15 is 0 Å². The predicted octanol–water partition coefficient (Wildman–Crippen LogP) is 1.60. The van der Waals surface area contributed by atoms with Crippen molar-refractivity contribution in [2.45, 2.75) is 39.0 Å². The standard InChI is InChI=1S/C19H24N8O/c1-11-17(12(2)22-21-11)19(28)20-8-13-9-26(10-13)16-7-6-15-23-24-18(27(15)25-16)14-4-3-5-14/h6-7,13-14H,3-5,8-10H2,1-2H3,(H,20,28)(H,21,22). The van der Waals surface area contributed by atoms with Crippen LogP contribution in [0.3, 0.4) is 0 Å². The number of aromatic amines is 1. The molecule has 9 nitrogen and oxygen atoms in total. The van der Waals surface area contributed by atoms with Gasteiger partial charge in [-0.3, -0.25) is 9.89 Å². The number of aromatic nitrogens is 6. The molecule has 0 atom stereocenters. The maximum atomic E-state index is 12.4. The molecule has 5 rings (SSSR count). The van der Waals surface area contributed by atoms with Gasteiger partial charge in [0.2, 0.25) is 0 Å². The lowest BCUT2D eigenvalue weighted by Gasteiger charge is -2.40. The minimum absolute atomic E-state index is 0.0589. The van der Waals surface area contributed by atoms with Gasteiger partial charge < -0.3 is 10.2 Å². The van der Waals surface area contributed by atoms with Crippen LogP contribution in [0.5, 0.6) is 0 Å². The highest BCUT2D eigenvalue weighted by atomic mass is 16.1. The van der Waals surface area contributed by atoms with E-state index in [4.69, 9.17) is 5.10 Å². The zero-order valence-electron chi connectivity index (χ0n) is 16.1. The topological polar surface area (TPSA) is 104 Å². The molecule has 1 aliphatic heterocycles. The van der Waals surface area contributed by atoms with Crippen LogP contribution in [-0.4, -0.2) is 55.6 Å². The molecule has 2 fully saturated rings. The molecule has 0 unspecified atom stereocenters. The van der Waals surface area contributed by atoms with E-state index in [1.165, 1.54) is 19.3 Å². The van der Waals surface area contributed by atoms with Crippen molar-refractivity contribution in [1.82, 2.24) is 35.3 Å². The molecule has 9 heteroatoms. The van der Waals surface area contributed by atoms with Crippen molar-refractivity contribution in [3.63, 3.8) is 0 Å². The van der Waals surface area contributed by atoms with Crippen molar-refractivity contribution in [3.8, 4) is 0 Å². The summed E-state index contributed by atoms with van der Waals surface area (Å²) in [5, 5.41) is 23.3. The maximum Gasteiger partial charge on any atom is 0.255 e. The number of fused-ring (bicyclic) bond motifs is 1. The first-order valence-corrected chi connectivity index (χ1v) is 9.87. The Kier molecular flexibility index (Phi) is 4.03. The van der Waals surface area contributed by atoms with Crippen molar-refractivity contribution < 1.29 is 4.79 Å². The molecule has 4 heterocycles. The molecule has 2 aliphatic rings. The van der Waals surface area contributed by atoms with Gasteiger partial charge >= 0.3 is 0 Å². The summed E-state index contributed by atoms with van der Waals surface area (Å²) < 4.78 is 1.90. The number of amides is 1. The second kappa shape index (κ2) is 6.57. The van der Waals surface area contributed by atoms with Crippen LogP contribution in [-0.2, 0) is 0 Å². The molecule has 1 aliphatic carbocycles. The smallest absolute Gasteiger partial charge is 0.255 e. The van der Waals surface area contributed by atoms with Crippen LogP contribution in [0.25, 0.3) is 5.65 Å². The van der Waals surface area contributed by atoms with Crippen LogP contribution in [0.2, 0.25) is 0 Å². The van der Waals surface area contributed by atoms with E-state index in [-0.39, 0.29) is 5.91 Å². The van der Waals surface area contributed by atoms with Crippen LogP contribution in [0.4, 0.5) is 5.82 Å². The van der Waals surface area contributed by atoms with Crippen LogP contribution in [0, 0.1) is 19.8 Å². The normalized spacial score (nSPS) is 17.6. The summed E-state index contributed by atoms with van der Waals surface area (Å²) in [5.41, 5.74) is 3.00. The van der Waals surface area contributed by atoms with Crippen molar-refractivity contribution in [2.24, 2.45) is 5.92 Å². The van der Waals surface area contributed by atoms with E-state index in [1.807, 2.05) is 30.5 Å². The molecule has 1 saturated heterocycles. The van der Waals surface area contributed by atoms with Crippen LogP contribution >= 0.6 is 0 Å². The molecule has 0 spiro atoms. The van der Waals surface area contributed by atoms with Crippen molar-refractivity contribution >= 4 is 17.4 Å². The fourth-order valence-electron chi connectivity index (χ4n) is 3.98.